The Morgan fingerprint density at radius 1 is 0.870 bits per heavy atom. The van der Waals surface area contributed by atoms with Gasteiger partial charge in [-0.25, -0.2) is 9.59 Å². The first kappa shape index (κ1) is 30.9. The van der Waals surface area contributed by atoms with E-state index in [0.717, 1.165) is 14.2 Å². The molecule has 14 nitrogen and oxygen atoms in total. The Kier molecular flexibility index (Phi) is 7.21. The van der Waals surface area contributed by atoms with E-state index >= 15 is 0 Å². The SMILES string of the molecule is COC(=O)[C@]1([C@@H]2CCC(=O)O2)CC(=O)c2c(cc(C)c(-c3ccc(O)c4c3O[C@@](C(=O)OC)([C@H]3OC(=O)C[C@@H]3C)CC4=O)c2O)O1. The van der Waals surface area contributed by atoms with Crippen LogP contribution in [0.15, 0.2) is 18.2 Å². The molecule has 4 aliphatic heterocycles. The van der Waals surface area contributed by atoms with E-state index in [4.69, 9.17) is 28.4 Å². The standard InChI is InChI=1S/C32H30O14/c1-13-9-19-25(18(35)11-31(45-19,29(39)41-3)20-7-8-21(36)43-20)26(38)23(13)15-5-6-16(33)24-17(34)12-32(30(40)42-4,46-27(15)24)28-14(2)10-22(37)44-28/h5-6,9,14,20,28,33,38H,7-8,10-12H2,1-4H3/t14-,20-,28-,31+,32+/m0/s1. The Balaban J connectivity index is 1.51. The van der Waals surface area contributed by atoms with Crippen LogP contribution in [0.25, 0.3) is 11.1 Å². The van der Waals surface area contributed by atoms with Gasteiger partial charge in [0.15, 0.2) is 23.8 Å². The summed E-state index contributed by atoms with van der Waals surface area (Å²) < 4.78 is 33.1. The normalized spacial score (nSPS) is 28.3. The van der Waals surface area contributed by atoms with Crippen molar-refractivity contribution in [1.29, 1.82) is 0 Å². The van der Waals surface area contributed by atoms with Crippen molar-refractivity contribution in [1.82, 2.24) is 0 Å². The van der Waals surface area contributed by atoms with Crippen molar-refractivity contribution in [2.45, 2.75) is 69.4 Å². The maximum absolute atomic E-state index is 13.7. The van der Waals surface area contributed by atoms with Gasteiger partial charge in [0.2, 0.25) is 11.2 Å². The lowest BCUT2D eigenvalue weighted by Crippen LogP contribution is -2.59. The van der Waals surface area contributed by atoms with Crippen molar-refractivity contribution in [3.05, 3.63) is 34.9 Å². The van der Waals surface area contributed by atoms with Gasteiger partial charge < -0.3 is 38.6 Å². The third kappa shape index (κ3) is 4.37. The molecule has 0 amide bonds. The van der Waals surface area contributed by atoms with Crippen molar-refractivity contribution >= 4 is 35.4 Å². The smallest absolute Gasteiger partial charge is 0.354 e. The molecule has 242 valence electrons. The zero-order chi connectivity index (χ0) is 33.3. The molecular weight excluding hydrogens is 608 g/mol. The number of ether oxygens (including phenoxy) is 6. The van der Waals surface area contributed by atoms with E-state index in [1.165, 1.54) is 18.2 Å². The summed E-state index contributed by atoms with van der Waals surface area (Å²) in [6, 6.07) is 3.92. The number of rotatable bonds is 5. The molecule has 0 aliphatic carbocycles. The van der Waals surface area contributed by atoms with Crippen LogP contribution in [-0.4, -0.2) is 83.3 Å². The number of methoxy groups -OCH3 is 2. The number of cyclic esters (lactones) is 2. The maximum Gasteiger partial charge on any atom is 0.354 e. The van der Waals surface area contributed by atoms with Gasteiger partial charge in [0.1, 0.15) is 34.1 Å². The number of phenolic OH excluding ortho intramolecular Hbond substituents is 2. The average Bonchev–Trinajstić information content (AvgIpc) is 3.60. The number of carbonyl (C=O) groups excluding carboxylic acids is 6. The lowest BCUT2D eigenvalue weighted by molar-refractivity contribution is -0.178. The summed E-state index contributed by atoms with van der Waals surface area (Å²) >= 11 is 0. The van der Waals surface area contributed by atoms with Crippen molar-refractivity contribution in [3.63, 3.8) is 0 Å². The molecule has 2 aromatic carbocycles. The summed E-state index contributed by atoms with van der Waals surface area (Å²) in [5.41, 5.74) is -4.42. The summed E-state index contributed by atoms with van der Waals surface area (Å²) in [5.74, 6) is -6.64. The number of Topliss-reactive ketones (excluding diaryl/α,β-unsaturated/α-hetero) is 2. The van der Waals surface area contributed by atoms with Crippen LogP contribution >= 0.6 is 0 Å². The number of fused-ring (bicyclic) bond motifs is 2. The zero-order valence-corrected chi connectivity index (χ0v) is 25.3. The van der Waals surface area contributed by atoms with Crippen LogP contribution in [0, 0.1) is 12.8 Å². The molecule has 46 heavy (non-hydrogen) atoms. The van der Waals surface area contributed by atoms with Crippen LogP contribution in [0.1, 0.15) is 65.3 Å². The van der Waals surface area contributed by atoms with Gasteiger partial charge in [-0.3, -0.25) is 19.2 Å². The molecule has 6 rings (SSSR count). The topological polar surface area (TPSA) is 198 Å². The summed E-state index contributed by atoms with van der Waals surface area (Å²) in [6.07, 6.45) is -3.51. The number of esters is 4. The number of aromatic hydroxyl groups is 2. The van der Waals surface area contributed by atoms with Crippen LogP contribution in [0.2, 0.25) is 0 Å². The van der Waals surface area contributed by atoms with Gasteiger partial charge in [-0.15, -0.1) is 0 Å². The van der Waals surface area contributed by atoms with Gasteiger partial charge in [-0.05, 0) is 37.1 Å². The molecule has 0 saturated carbocycles. The van der Waals surface area contributed by atoms with E-state index < -0.39 is 89.1 Å². The van der Waals surface area contributed by atoms with Crippen molar-refractivity contribution in [3.8, 4) is 34.1 Å². The molecule has 14 heteroatoms. The van der Waals surface area contributed by atoms with Crippen molar-refractivity contribution in [2.75, 3.05) is 14.2 Å². The maximum atomic E-state index is 13.7. The number of hydrogen-bond donors (Lipinski definition) is 2. The van der Waals surface area contributed by atoms with E-state index in [-0.39, 0.29) is 58.6 Å². The number of phenols is 2. The van der Waals surface area contributed by atoms with E-state index in [2.05, 4.69) is 0 Å². The fourth-order valence-electron chi connectivity index (χ4n) is 6.95. The highest BCUT2D eigenvalue weighted by Crippen LogP contribution is 2.53. The molecule has 5 atom stereocenters. The monoisotopic (exact) mass is 638 g/mol. The summed E-state index contributed by atoms with van der Waals surface area (Å²) in [4.78, 5) is 77.8. The van der Waals surface area contributed by atoms with E-state index in [1.54, 1.807) is 13.8 Å². The number of carbonyl (C=O) groups is 6. The second-order valence-corrected chi connectivity index (χ2v) is 11.9. The minimum Gasteiger partial charge on any atom is -0.507 e. The zero-order valence-electron chi connectivity index (χ0n) is 25.3. The summed E-state index contributed by atoms with van der Waals surface area (Å²) in [6.45, 7) is 3.20. The predicted molar refractivity (Wildman–Crippen MR) is 151 cm³/mol. The Bertz CT molecular complexity index is 1740. The van der Waals surface area contributed by atoms with Crippen molar-refractivity contribution < 1.29 is 67.4 Å². The third-order valence-corrected chi connectivity index (χ3v) is 9.04. The highest BCUT2D eigenvalue weighted by Gasteiger charge is 2.61. The molecule has 2 saturated heterocycles. The summed E-state index contributed by atoms with van der Waals surface area (Å²) in [5, 5.41) is 22.4. The lowest BCUT2D eigenvalue weighted by Gasteiger charge is -2.41. The molecule has 4 heterocycles. The molecule has 0 spiro atoms. The third-order valence-electron chi connectivity index (χ3n) is 9.04. The molecule has 2 fully saturated rings. The number of aryl methyl sites for hydroxylation is 1. The molecule has 2 aromatic rings. The number of hydrogen-bond acceptors (Lipinski definition) is 14. The van der Waals surface area contributed by atoms with Crippen molar-refractivity contribution in [2.24, 2.45) is 5.92 Å². The number of benzene rings is 2. The highest BCUT2D eigenvalue weighted by atomic mass is 16.6. The molecule has 2 N–H and O–H groups in total. The van der Waals surface area contributed by atoms with Gasteiger partial charge >= 0.3 is 23.9 Å². The highest BCUT2D eigenvalue weighted by molar-refractivity contribution is 6.11. The largest absolute Gasteiger partial charge is 0.507 e. The van der Waals surface area contributed by atoms with Gasteiger partial charge in [-0.1, -0.05) is 6.92 Å². The van der Waals surface area contributed by atoms with Crippen LogP contribution in [0.3, 0.4) is 0 Å². The van der Waals surface area contributed by atoms with Crippen LogP contribution in [0.4, 0.5) is 0 Å². The first-order chi connectivity index (χ1) is 21.8. The van der Waals surface area contributed by atoms with E-state index in [9.17, 15) is 39.0 Å². The average molecular weight is 639 g/mol. The molecule has 0 bridgehead atoms. The quantitative estimate of drug-likeness (QED) is 0.358. The Hall–Kier alpha value is -5.14. The molecule has 4 aliphatic rings. The summed E-state index contributed by atoms with van der Waals surface area (Å²) in [7, 11) is 2.19. The van der Waals surface area contributed by atoms with Gasteiger partial charge in [0.05, 0.1) is 33.5 Å². The van der Waals surface area contributed by atoms with Gasteiger partial charge in [0, 0.05) is 23.5 Å². The Labute approximate surface area is 261 Å². The molecular formula is C32H30O14. The molecule has 0 unspecified atom stereocenters. The second-order valence-electron chi connectivity index (χ2n) is 11.9. The van der Waals surface area contributed by atoms with E-state index in [0.29, 0.717) is 0 Å². The molecule has 0 aromatic heterocycles. The first-order valence-electron chi connectivity index (χ1n) is 14.5. The first-order valence-corrected chi connectivity index (χ1v) is 14.5. The fraction of sp³-hybridized carbons (Fsp3) is 0.438. The fourth-order valence-corrected chi connectivity index (χ4v) is 6.95. The van der Waals surface area contributed by atoms with Gasteiger partial charge in [-0.2, -0.15) is 0 Å². The van der Waals surface area contributed by atoms with Gasteiger partial charge in [0.25, 0.3) is 0 Å². The number of ketones is 2. The lowest BCUT2D eigenvalue weighted by atomic mass is 9.79. The Morgan fingerprint density at radius 2 is 1.52 bits per heavy atom. The van der Waals surface area contributed by atoms with E-state index in [1.807, 2.05) is 0 Å². The predicted octanol–water partition coefficient (Wildman–Crippen LogP) is 2.48. The van der Waals surface area contributed by atoms with Crippen LogP contribution in [0.5, 0.6) is 23.0 Å². The van der Waals surface area contributed by atoms with Crippen LogP contribution < -0.4 is 9.47 Å². The minimum absolute atomic E-state index is 0.00487. The Morgan fingerprint density at radius 3 is 2.13 bits per heavy atom. The second kappa shape index (κ2) is 10.7. The van der Waals surface area contributed by atoms with Crippen LogP contribution in [-0.2, 0) is 38.1 Å². The minimum atomic E-state index is -2.12. The molecule has 0 radical (unpaired) electrons.